The fraction of sp³-hybridized carbons (Fsp3) is 0.429. The third-order valence-corrected chi connectivity index (χ3v) is 4.27. The van der Waals surface area contributed by atoms with E-state index < -0.39 is 0 Å². The van der Waals surface area contributed by atoms with Gasteiger partial charge in [-0.3, -0.25) is 9.59 Å². The van der Waals surface area contributed by atoms with Crippen LogP contribution in [0.2, 0.25) is 0 Å². The summed E-state index contributed by atoms with van der Waals surface area (Å²) in [6.07, 6.45) is 0.185. The number of amides is 1. The number of aryl methyl sites for hydroxylation is 1. The summed E-state index contributed by atoms with van der Waals surface area (Å²) in [5.74, 6) is -0.0866. The first-order chi connectivity index (χ1) is 9.42. The Balaban J connectivity index is 2.41. The molecule has 0 aliphatic rings. The number of esters is 1. The van der Waals surface area contributed by atoms with Crippen molar-refractivity contribution in [1.29, 1.82) is 0 Å². The number of ether oxygens (including phenoxy) is 1. The predicted octanol–water partition coefficient (Wildman–Crippen LogP) is 2.92. The molecule has 110 valence electrons. The van der Waals surface area contributed by atoms with Gasteiger partial charge in [0.05, 0.1) is 19.3 Å². The molecule has 0 bridgehead atoms. The van der Waals surface area contributed by atoms with Crippen molar-refractivity contribution in [2.75, 3.05) is 12.9 Å². The monoisotopic (exact) mass is 359 g/mol. The van der Waals surface area contributed by atoms with Gasteiger partial charge in [0.2, 0.25) is 5.91 Å². The average molecular weight is 360 g/mol. The first-order valence-electron chi connectivity index (χ1n) is 6.17. The zero-order chi connectivity index (χ0) is 15.1. The lowest BCUT2D eigenvalue weighted by Crippen LogP contribution is -2.35. The predicted molar refractivity (Wildman–Crippen MR) is 83.8 cm³/mol. The Morgan fingerprint density at radius 2 is 2.15 bits per heavy atom. The Labute approximate surface area is 131 Å². The topological polar surface area (TPSA) is 55.4 Å². The number of carbonyl (C=O) groups is 2. The lowest BCUT2D eigenvalue weighted by molar-refractivity contribution is -0.141. The van der Waals surface area contributed by atoms with Crippen LogP contribution in [0.25, 0.3) is 0 Å². The van der Waals surface area contributed by atoms with Gasteiger partial charge in [0, 0.05) is 15.4 Å². The maximum Gasteiger partial charge on any atom is 0.307 e. The minimum atomic E-state index is -0.325. The molecule has 1 aromatic carbocycles. The molecule has 0 saturated heterocycles. The number of benzene rings is 1. The lowest BCUT2D eigenvalue weighted by Gasteiger charge is -2.12. The number of halogens is 1. The van der Waals surface area contributed by atoms with E-state index in [0.717, 1.165) is 14.9 Å². The standard InChI is InChI=1S/C14H18BrNO3S/c1-9-6-11(15)4-5-12(9)20-8-13(17)16-10(2)7-14(18)19-3/h4-6,10H,7-8H2,1-3H3,(H,16,17). The van der Waals surface area contributed by atoms with Crippen molar-refractivity contribution in [2.24, 2.45) is 0 Å². The van der Waals surface area contributed by atoms with E-state index in [4.69, 9.17) is 0 Å². The molecular weight excluding hydrogens is 342 g/mol. The smallest absolute Gasteiger partial charge is 0.307 e. The molecule has 6 heteroatoms. The van der Waals surface area contributed by atoms with Gasteiger partial charge >= 0.3 is 5.97 Å². The molecule has 1 aromatic rings. The fourth-order valence-electron chi connectivity index (χ4n) is 1.62. The number of methoxy groups -OCH3 is 1. The second-order valence-electron chi connectivity index (χ2n) is 4.45. The van der Waals surface area contributed by atoms with E-state index in [0.29, 0.717) is 5.75 Å². The number of nitrogens with one attached hydrogen (secondary N) is 1. The van der Waals surface area contributed by atoms with Crippen molar-refractivity contribution in [2.45, 2.75) is 31.2 Å². The summed E-state index contributed by atoms with van der Waals surface area (Å²) in [7, 11) is 1.34. The van der Waals surface area contributed by atoms with Crippen LogP contribution in [0.4, 0.5) is 0 Å². The van der Waals surface area contributed by atoms with Crippen LogP contribution in [-0.2, 0) is 14.3 Å². The van der Waals surface area contributed by atoms with Crippen LogP contribution in [0.15, 0.2) is 27.6 Å². The molecule has 1 unspecified atom stereocenters. The highest BCUT2D eigenvalue weighted by molar-refractivity contribution is 9.10. The molecule has 0 spiro atoms. The fourth-order valence-corrected chi connectivity index (χ4v) is 2.92. The molecule has 4 nitrogen and oxygen atoms in total. The van der Waals surface area contributed by atoms with Gasteiger partial charge in [0.15, 0.2) is 0 Å². The number of carbonyl (C=O) groups excluding carboxylic acids is 2. The maximum absolute atomic E-state index is 11.8. The Morgan fingerprint density at radius 1 is 1.45 bits per heavy atom. The van der Waals surface area contributed by atoms with Crippen LogP contribution >= 0.6 is 27.7 Å². The molecule has 0 saturated carbocycles. The molecule has 0 fully saturated rings. The number of rotatable bonds is 6. The molecule has 1 N–H and O–H groups in total. The molecule has 0 radical (unpaired) electrons. The van der Waals surface area contributed by atoms with Crippen LogP contribution < -0.4 is 5.32 Å². The summed E-state index contributed by atoms with van der Waals surface area (Å²) in [5.41, 5.74) is 1.12. The van der Waals surface area contributed by atoms with Gasteiger partial charge in [-0.05, 0) is 37.6 Å². The largest absolute Gasteiger partial charge is 0.469 e. The van der Waals surface area contributed by atoms with E-state index in [9.17, 15) is 9.59 Å². The SMILES string of the molecule is COC(=O)CC(C)NC(=O)CSc1ccc(Br)cc1C. The second-order valence-corrected chi connectivity index (χ2v) is 6.38. The molecular formula is C14H18BrNO3S. The third-order valence-electron chi connectivity index (χ3n) is 2.60. The molecule has 0 aliphatic heterocycles. The molecule has 0 aliphatic carbocycles. The summed E-state index contributed by atoms with van der Waals surface area (Å²) in [4.78, 5) is 23.9. The third kappa shape index (κ3) is 5.96. The minimum Gasteiger partial charge on any atom is -0.469 e. The molecule has 1 amide bonds. The van der Waals surface area contributed by atoms with E-state index in [1.54, 1.807) is 6.92 Å². The molecule has 0 aromatic heterocycles. The van der Waals surface area contributed by atoms with Crippen LogP contribution in [0.1, 0.15) is 18.9 Å². The van der Waals surface area contributed by atoms with Crippen molar-refractivity contribution in [1.82, 2.24) is 5.32 Å². The van der Waals surface area contributed by atoms with E-state index in [1.807, 2.05) is 25.1 Å². The van der Waals surface area contributed by atoms with E-state index in [2.05, 4.69) is 26.0 Å². The highest BCUT2D eigenvalue weighted by Crippen LogP contribution is 2.25. The van der Waals surface area contributed by atoms with E-state index >= 15 is 0 Å². The van der Waals surface area contributed by atoms with Crippen LogP contribution in [0.3, 0.4) is 0 Å². The zero-order valence-electron chi connectivity index (χ0n) is 11.7. The first-order valence-corrected chi connectivity index (χ1v) is 7.95. The zero-order valence-corrected chi connectivity index (χ0v) is 14.1. The summed E-state index contributed by atoms with van der Waals surface area (Å²) in [6.45, 7) is 3.79. The van der Waals surface area contributed by atoms with Crippen LogP contribution in [0.5, 0.6) is 0 Å². The lowest BCUT2D eigenvalue weighted by atomic mass is 10.2. The average Bonchev–Trinajstić information content (AvgIpc) is 2.37. The van der Waals surface area contributed by atoms with Gasteiger partial charge < -0.3 is 10.1 Å². The van der Waals surface area contributed by atoms with Gasteiger partial charge in [-0.1, -0.05) is 15.9 Å². The number of thioether (sulfide) groups is 1. The quantitative estimate of drug-likeness (QED) is 0.626. The molecule has 20 heavy (non-hydrogen) atoms. The Bertz CT molecular complexity index is 493. The van der Waals surface area contributed by atoms with Crippen molar-refractivity contribution in [3.05, 3.63) is 28.2 Å². The highest BCUT2D eigenvalue weighted by atomic mass is 79.9. The van der Waals surface area contributed by atoms with Gasteiger partial charge in [-0.15, -0.1) is 11.8 Å². The van der Waals surface area contributed by atoms with Crippen LogP contribution in [-0.4, -0.2) is 30.8 Å². The first kappa shape index (κ1) is 17.0. The van der Waals surface area contributed by atoms with Crippen molar-refractivity contribution >= 4 is 39.6 Å². The normalized spacial score (nSPS) is 11.8. The van der Waals surface area contributed by atoms with Gasteiger partial charge in [0.25, 0.3) is 0 Å². The number of hydrogen-bond donors (Lipinski definition) is 1. The molecule has 0 heterocycles. The van der Waals surface area contributed by atoms with Crippen molar-refractivity contribution in [3.63, 3.8) is 0 Å². The Morgan fingerprint density at radius 3 is 2.75 bits per heavy atom. The Hall–Kier alpha value is -1.01. The second kappa shape index (κ2) is 8.32. The molecule has 1 atom stereocenters. The van der Waals surface area contributed by atoms with Gasteiger partial charge in [0.1, 0.15) is 0 Å². The number of hydrogen-bond acceptors (Lipinski definition) is 4. The Kier molecular flexibility index (Phi) is 7.09. The summed E-state index contributed by atoms with van der Waals surface area (Å²) >= 11 is 4.89. The van der Waals surface area contributed by atoms with Crippen LogP contribution in [0, 0.1) is 6.92 Å². The summed E-state index contributed by atoms with van der Waals surface area (Å²) < 4.78 is 5.58. The summed E-state index contributed by atoms with van der Waals surface area (Å²) in [6, 6.07) is 5.73. The van der Waals surface area contributed by atoms with E-state index in [1.165, 1.54) is 18.9 Å². The van der Waals surface area contributed by atoms with E-state index in [-0.39, 0.29) is 24.3 Å². The van der Waals surface area contributed by atoms with Gasteiger partial charge in [-0.2, -0.15) is 0 Å². The minimum absolute atomic E-state index is 0.0891. The van der Waals surface area contributed by atoms with Gasteiger partial charge in [-0.25, -0.2) is 0 Å². The molecule has 1 rings (SSSR count). The summed E-state index contributed by atoms with van der Waals surface area (Å²) in [5, 5.41) is 2.78. The van der Waals surface area contributed by atoms with Crippen molar-refractivity contribution < 1.29 is 14.3 Å². The highest BCUT2D eigenvalue weighted by Gasteiger charge is 2.12. The van der Waals surface area contributed by atoms with Crippen molar-refractivity contribution in [3.8, 4) is 0 Å². The maximum atomic E-state index is 11.8.